The van der Waals surface area contributed by atoms with Crippen molar-refractivity contribution in [3.05, 3.63) is 58.1 Å². The van der Waals surface area contributed by atoms with Gasteiger partial charge in [0, 0.05) is 0 Å². The quantitative estimate of drug-likeness (QED) is 0.823. The molecule has 2 aromatic carbocycles. The van der Waals surface area contributed by atoms with E-state index in [9.17, 15) is 0 Å². The first-order chi connectivity index (χ1) is 9.54. The number of anilines is 1. The molecule has 0 radical (unpaired) electrons. The molecule has 0 saturated carbocycles. The summed E-state index contributed by atoms with van der Waals surface area (Å²) in [6.45, 7) is 9.30. The van der Waals surface area contributed by atoms with Gasteiger partial charge in [-0.15, -0.1) is 0 Å². The fourth-order valence-corrected chi connectivity index (χ4v) is 3.18. The van der Waals surface area contributed by atoms with Crippen LogP contribution in [-0.4, -0.2) is 6.61 Å². The van der Waals surface area contributed by atoms with Gasteiger partial charge in [-0.1, -0.05) is 23.8 Å². The van der Waals surface area contributed by atoms with Crippen molar-refractivity contribution < 1.29 is 4.74 Å². The summed E-state index contributed by atoms with van der Waals surface area (Å²) in [4.78, 5) is 0. The van der Waals surface area contributed by atoms with Crippen molar-refractivity contribution in [2.45, 2.75) is 33.7 Å². The van der Waals surface area contributed by atoms with Crippen molar-refractivity contribution in [1.29, 1.82) is 0 Å². The summed E-state index contributed by atoms with van der Waals surface area (Å²) in [5.41, 5.74) is 7.69. The monoisotopic (exact) mass is 267 g/mol. The van der Waals surface area contributed by atoms with Crippen LogP contribution in [0.15, 0.2) is 30.3 Å². The van der Waals surface area contributed by atoms with E-state index in [-0.39, 0.29) is 6.04 Å². The van der Waals surface area contributed by atoms with Crippen molar-refractivity contribution in [3.63, 3.8) is 0 Å². The van der Waals surface area contributed by atoms with Crippen LogP contribution in [0.3, 0.4) is 0 Å². The molecule has 0 aromatic heterocycles. The van der Waals surface area contributed by atoms with Crippen LogP contribution in [0.2, 0.25) is 0 Å². The lowest BCUT2D eigenvalue weighted by Gasteiger charge is -2.30. The van der Waals surface area contributed by atoms with Gasteiger partial charge in [0.1, 0.15) is 12.4 Å². The average Bonchev–Trinajstić information content (AvgIpc) is 2.37. The third-order valence-corrected chi connectivity index (χ3v) is 3.96. The number of benzene rings is 2. The van der Waals surface area contributed by atoms with Gasteiger partial charge in [0.05, 0.1) is 11.7 Å². The highest BCUT2D eigenvalue weighted by Crippen LogP contribution is 2.36. The van der Waals surface area contributed by atoms with Crippen molar-refractivity contribution in [2.75, 3.05) is 11.9 Å². The molecule has 2 aromatic rings. The molecule has 0 amide bonds. The van der Waals surface area contributed by atoms with Crippen molar-refractivity contribution in [2.24, 2.45) is 0 Å². The van der Waals surface area contributed by atoms with Gasteiger partial charge in [-0.25, -0.2) is 0 Å². The number of aryl methyl sites for hydroxylation is 4. The Balaban J connectivity index is 1.98. The maximum absolute atomic E-state index is 5.92. The minimum absolute atomic E-state index is 0.227. The highest BCUT2D eigenvalue weighted by atomic mass is 16.5. The summed E-state index contributed by atoms with van der Waals surface area (Å²) < 4.78 is 5.92. The standard InChI is InChI=1S/C18H21NO/c1-11-5-6-17-15(9-11)19-16(10-20-17)18-13(3)7-12(2)8-14(18)4/h5-9,16,19H,10H2,1-4H3. The fraction of sp³-hybridized carbons (Fsp3) is 0.333. The van der Waals surface area contributed by atoms with E-state index in [0.29, 0.717) is 6.61 Å². The lowest BCUT2D eigenvalue weighted by Crippen LogP contribution is -2.25. The van der Waals surface area contributed by atoms with Gasteiger partial charge in [0.2, 0.25) is 0 Å². The Bertz CT molecular complexity index is 637. The van der Waals surface area contributed by atoms with E-state index in [0.717, 1.165) is 11.4 Å². The molecular formula is C18H21NO. The van der Waals surface area contributed by atoms with Crippen LogP contribution >= 0.6 is 0 Å². The molecular weight excluding hydrogens is 246 g/mol. The number of hydrogen-bond acceptors (Lipinski definition) is 2. The molecule has 1 N–H and O–H groups in total. The molecule has 1 unspecified atom stereocenters. The summed E-state index contributed by atoms with van der Waals surface area (Å²) in [5.74, 6) is 0.953. The fourth-order valence-electron chi connectivity index (χ4n) is 3.18. The van der Waals surface area contributed by atoms with Crippen LogP contribution in [0.1, 0.15) is 33.9 Å². The molecule has 0 spiro atoms. The highest BCUT2D eigenvalue weighted by Gasteiger charge is 2.23. The summed E-state index contributed by atoms with van der Waals surface area (Å²) in [7, 11) is 0. The third-order valence-electron chi connectivity index (χ3n) is 3.96. The largest absolute Gasteiger partial charge is 0.489 e. The lowest BCUT2D eigenvalue weighted by atomic mass is 9.93. The first kappa shape index (κ1) is 13.0. The van der Waals surface area contributed by atoms with Gasteiger partial charge in [0.15, 0.2) is 0 Å². The van der Waals surface area contributed by atoms with Crippen molar-refractivity contribution in [3.8, 4) is 5.75 Å². The molecule has 0 bridgehead atoms. The van der Waals surface area contributed by atoms with E-state index in [1.807, 2.05) is 6.07 Å². The SMILES string of the molecule is Cc1cc(C)c(C2COc3ccc(C)cc3N2)c(C)c1. The predicted molar refractivity (Wildman–Crippen MR) is 83.7 cm³/mol. The minimum atomic E-state index is 0.227. The first-order valence-electron chi connectivity index (χ1n) is 7.12. The second-order valence-electron chi connectivity index (χ2n) is 5.82. The molecule has 104 valence electrons. The van der Waals surface area contributed by atoms with Gasteiger partial charge in [-0.3, -0.25) is 0 Å². The van der Waals surface area contributed by atoms with Crippen LogP contribution in [0.5, 0.6) is 5.75 Å². The van der Waals surface area contributed by atoms with E-state index in [2.05, 4.69) is 57.3 Å². The van der Waals surface area contributed by atoms with E-state index >= 15 is 0 Å². The number of nitrogens with one attached hydrogen (secondary N) is 1. The second-order valence-corrected chi connectivity index (χ2v) is 5.82. The second kappa shape index (κ2) is 4.86. The summed E-state index contributed by atoms with van der Waals surface area (Å²) >= 11 is 0. The molecule has 2 nitrogen and oxygen atoms in total. The van der Waals surface area contributed by atoms with Gasteiger partial charge in [-0.2, -0.15) is 0 Å². The molecule has 2 heteroatoms. The molecule has 1 atom stereocenters. The third kappa shape index (κ3) is 2.26. The molecule has 1 aliphatic rings. The van der Waals surface area contributed by atoms with Crippen molar-refractivity contribution in [1.82, 2.24) is 0 Å². The maximum atomic E-state index is 5.92. The van der Waals surface area contributed by atoms with E-state index < -0.39 is 0 Å². The Morgan fingerprint density at radius 3 is 2.35 bits per heavy atom. The van der Waals surface area contributed by atoms with Crippen LogP contribution in [0.4, 0.5) is 5.69 Å². The highest BCUT2D eigenvalue weighted by molar-refractivity contribution is 5.61. The number of ether oxygens (including phenoxy) is 1. The van der Waals surface area contributed by atoms with Crippen molar-refractivity contribution >= 4 is 5.69 Å². The molecule has 0 aliphatic carbocycles. The molecule has 0 fully saturated rings. The molecule has 0 saturated heterocycles. The van der Waals surface area contributed by atoms with E-state index in [4.69, 9.17) is 4.74 Å². The Morgan fingerprint density at radius 2 is 1.65 bits per heavy atom. The average molecular weight is 267 g/mol. The number of rotatable bonds is 1. The van der Waals surface area contributed by atoms with Crippen LogP contribution in [0.25, 0.3) is 0 Å². The smallest absolute Gasteiger partial charge is 0.142 e. The first-order valence-corrected chi connectivity index (χ1v) is 7.12. The van der Waals surface area contributed by atoms with Crippen LogP contribution in [0, 0.1) is 27.7 Å². The van der Waals surface area contributed by atoms with Gasteiger partial charge in [-0.05, 0) is 62.1 Å². The van der Waals surface area contributed by atoms with Crippen LogP contribution < -0.4 is 10.1 Å². The molecule has 1 heterocycles. The van der Waals surface area contributed by atoms with E-state index in [1.165, 1.54) is 27.8 Å². The topological polar surface area (TPSA) is 21.3 Å². The Kier molecular flexibility index (Phi) is 3.17. The lowest BCUT2D eigenvalue weighted by molar-refractivity contribution is 0.285. The van der Waals surface area contributed by atoms with Gasteiger partial charge in [0.25, 0.3) is 0 Å². The Labute approximate surface area is 120 Å². The van der Waals surface area contributed by atoms with Gasteiger partial charge >= 0.3 is 0 Å². The predicted octanol–water partition coefficient (Wildman–Crippen LogP) is 4.47. The zero-order chi connectivity index (χ0) is 14.3. The number of fused-ring (bicyclic) bond motifs is 1. The summed E-state index contributed by atoms with van der Waals surface area (Å²) in [5, 5.41) is 3.63. The van der Waals surface area contributed by atoms with E-state index in [1.54, 1.807) is 0 Å². The number of hydrogen-bond donors (Lipinski definition) is 1. The zero-order valence-corrected chi connectivity index (χ0v) is 12.6. The molecule has 1 aliphatic heterocycles. The van der Waals surface area contributed by atoms with Gasteiger partial charge < -0.3 is 10.1 Å². The Morgan fingerprint density at radius 1 is 0.950 bits per heavy atom. The Hall–Kier alpha value is -1.96. The molecule has 20 heavy (non-hydrogen) atoms. The van der Waals surface area contributed by atoms with Crippen LogP contribution in [-0.2, 0) is 0 Å². The zero-order valence-electron chi connectivity index (χ0n) is 12.6. The normalized spacial score (nSPS) is 17.1. The maximum Gasteiger partial charge on any atom is 0.142 e. The summed E-state index contributed by atoms with van der Waals surface area (Å²) in [6, 6.07) is 11.0. The minimum Gasteiger partial charge on any atom is -0.489 e. The summed E-state index contributed by atoms with van der Waals surface area (Å²) in [6.07, 6.45) is 0. The molecule has 3 rings (SSSR count).